The van der Waals surface area contributed by atoms with Gasteiger partial charge in [0, 0.05) is 28.6 Å². The van der Waals surface area contributed by atoms with E-state index in [0.717, 1.165) is 37.7 Å². The summed E-state index contributed by atoms with van der Waals surface area (Å²) in [6.07, 6.45) is 7.51. The fourth-order valence-corrected chi connectivity index (χ4v) is 3.90. The minimum absolute atomic E-state index is 0.595. The molecule has 0 unspecified atom stereocenters. The number of hydrogen-bond acceptors (Lipinski definition) is 5. The van der Waals surface area contributed by atoms with Crippen LogP contribution in [0.1, 0.15) is 16.0 Å². The van der Waals surface area contributed by atoms with Crippen LogP contribution in [0, 0.1) is 11.3 Å². The topological polar surface area (TPSA) is 57.9 Å². The van der Waals surface area contributed by atoms with Crippen molar-refractivity contribution in [2.75, 3.05) is 12.4 Å². The third-order valence-electron chi connectivity index (χ3n) is 4.16. The predicted octanol–water partition coefficient (Wildman–Crippen LogP) is 4.90. The monoisotopic (exact) mass is 357 g/mol. The van der Waals surface area contributed by atoms with Crippen LogP contribution in [0.2, 0.25) is 0 Å². The van der Waals surface area contributed by atoms with Gasteiger partial charge in [-0.25, -0.2) is 4.98 Å². The van der Waals surface area contributed by atoms with Crippen LogP contribution in [0.5, 0.6) is 5.75 Å². The lowest BCUT2D eigenvalue weighted by Crippen LogP contribution is -2.02. The van der Waals surface area contributed by atoms with Crippen LogP contribution in [0.4, 0.5) is 5.82 Å². The summed E-state index contributed by atoms with van der Waals surface area (Å²) < 4.78 is 6.14. The molecular formula is C21H15N3OS. The van der Waals surface area contributed by atoms with Crippen molar-refractivity contribution in [1.82, 2.24) is 4.98 Å². The molecule has 2 heterocycles. The molecule has 4 nitrogen and oxygen atoms in total. The van der Waals surface area contributed by atoms with E-state index in [4.69, 9.17) is 4.74 Å². The maximum absolute atomic E-state index is 9.40. The number of thiophene rings is 1. The second kappa shape index (κ2) is 6.89. The zero-order chi connectivity index (χ0) is 17.9. The number of allylic oxidation sites excluding steroid dienone is 3. The van der Waals surface area contributed by atoms with Crippen molar-refractivity contribution < 1.29 is 4.74 Å². The fourth-order valence-electron chi connectivity index (χ4n) is 2.79. The van der Waals surface area contributed by atoms with Gasteiger partial charge in [-0.1, -0.05) is 18.2 Å². The SMILES string of the molecule is COc1ccc(CNc2ncc(C#N)c3sc(C4=C=CC=C4)cc23)cc1. The Bertz CT molecular complexity index is 1110. The summed E-state index contributed by atoms with van der Waals surface area (Å²) >= 11 is 1.60. The van der Waals surface area contributed by atoms with Crippen LogP contribution >= 0.6 is 11.3 Å². The van der Waals surface area contributed by atoms with Crippen molar-refractivity contribution in [2.24, 2.45) is 0 Å². The number of benzene rings is 1. The van der Waals surface area contributed by atoms with Gasteiger partial charge < -0.3 is 10.1 Å². The number of nitrogens with zero attached hydrogens (tertiary/aromatic N) is 2. The molecule has 1 aliphatic rings. The van der Waals surface area contributed by atoms with E-state index in [-0.39, 0.29) is 0 Å². The molecule has 1 aromatic carbocycles. The summed E-state index contributed by atoms with van der Waals surface area (Å²) in [5.74, 6) is 1.62. The molecule has 126 valence electrons. The fraction of sp³-hybridized carbons (Fsp3) is 0.0952. The Morgan fingerprint density at radius 2 is 2.15 bits per heavy atom. The molecule has 1 aliphatic carbocycles. The van der Waals surface area contributed by atoms with E-state index < -0.39 is 0 Å². The zero-order valence-electron chi connectivity index (χ0n) is 14.1. The highest BCUT2D eigenvalue weighted by molar-refractivity contribution is 7.20. The molecule has 2 aromatic heterocycles. The first-order valence-electron chi connectivity index (χ1n) is 8.11. The number of nitriles is 1. The number of pyridine rings is 1. The number of rotatable bonds is 5. The highest BCUT2D eigenvalue weighted by atomic mass is 32.1. The summed E-state index contributed by atoms with van der Waals surface area (Å²) in [5, 5.41) is 13.8. The highest BCUT2D eigenvalue weighted by Crippen LogP contribution is 2.36. The molecule has 0 aliphatic heterocycles. The van der Waals surface area contributed by atoms with Gasteiger partial charge in [0.25, 0.3) is 0 Å². The molecule has 0 saturated heterocycles. The number of aromatic nitrogens is 1. The predicted molar refractivity (Wildman–Crippen MR) is 105 cm³/mol. The van der Waals surface area contributed by atoms with Crippen molar-refractivity contribution in [3.63, 3.8) is 0 Å². The minimum atomic E-state index is 0.595. The number of anilines is 1. The van der Waals surface area contributed by atoms with E-state index in [1.165, 1.54) is 0 Å². The van der Waals surface area contributed by atoms with Gasteiger partial charge in [0.2, 0.25) is 0 Å². The van der Waals surface area contributed by atoms with E-state index in [9.17, 15) is 5.26 Å². The average Bonchev–Trinajstić information content (AvgIpc) is 3.36. The van der Waals surface area contributed by atoms with Gasteiger partial charge in [0.05, 0.1) is 17.4 Å². The van der Waals surface area contributed by atoms with Crippen molar-refractivity contribution >= 4 is 32.8 Å². The van der Waals surface area contributed by atoms with Gasteiger partial charge in [0.15, 0.2) is 0 Å². The minimum Gasteiger partial charge on any atom is -0.497 e. The van der Waals surface area contributed by atoms with Crippen molar-refractivity contribution in [3.8, 4) is 11.8 Å². The molecular weight excluding hydrogens is 342 g/mol. The van der Waals surface area contributed by atoms with E-state index in [0.29, 0.717) is 12.1 Å². The maximum Gasteiger partial charge on any atom is 0.135 e. The van der Waals surface area contributed by atoms with Crippen molar-refractivity contribution in [1.29, 1.82) is 5.26 Å². The lowest BCUT2D eigenvalue weighted by atomic mass is 10.2. The normalized spacial score (nSPS) is 12.2. The van der Waals surface area contributed by atoms with Crippen LogP contribution < -0.4 is 10.1 Å². The van der Waals surface area contributed by atoms with E-state index >= 15 is 0 Å². The third kappa shape index (κ3) is 3.00. The molecule has 0 amide bonds. The first-order chi connectivity index (χ1) is 12.8. The van der Waals surface area contributed by atoms with Crippen LogP contribution in [0.25, 0.3) is 15.7 Å². The summed E-state index contributed by atoms with van der Waals surface area (Å²) in [6.45, 7) is 0.645. The Balaban J connectivity index is 1.67. The lowest BCUT2D eigenvalue weighted by molar-refractivity contribution is 0.414. The molecule has 0 fully saturated rings. The van der Waals surface area contributed by atoms with Crippen molar-refractivity contribution in [2.45, 2.75) is 6.54 Å². The Kier molecular flexibility index (Phi) is 4.28. The second-order valence-electron chi connectivity index (χ2n) is 5.77. The summed E-state index contributed by atoms with van der Waals surface area (Å²) in [6, 6.07) is 12.2. The largest absolute Gasteiger partial charge is 0.497 e. The Morgan fingerprint density at radius 3 is 2.85 bits per heavy atom. The summed E-state index contributed by atoms with van der Waals surface area (Å²) in [5.41, 5.74) is 5.98. The molecule has 0 spiro atoms. The van der Waals surface area contributed by atoms with Crippen LogP contribution in [0.15, 0.2) is 60.5 Å². The smallest absolute Gasteiger partial charge is 0.135 e. The molecule has 5 heteroatoms. The number of ether oxygens (including phenoxy) is 1. The summed E-state index contributed by atoms with van der Waals surface area (Å²) in [4.78, 5) is 5.54. The first kappa shape index (κ1) is 16.2. The number of methoxy groups -OCH3 is 1. The Hall–Kier alpha value is -3.32. The molecule has 0 atom stereocenters. The van der Waals surface area contributed by atoms with Crippen LogP contribution in [-0.2, 0) is 6.54 Å². The van der Waals surface area contributed by atoms with Crippen LogP contribution in [0.3, 0.4) is 0 Å². The van der Waals surface area contributed by atoms with Crippen LogP contribution in [-0.4, -0.2) is 12.1 Å². The molecule has 0 saturated carbocycles. The third-order valence-corrected chi connectivity index (χ3v) is 5.36. The quantitative estimate of drug-likeness (QED) is 0.660. The maximum atomic E-state index is 9.40. The Morgan fingerprint density at radius 1 is 1.31 bits per heavy atom. The summed E-state index contributed by atoms with van der Waals surface area (Å²) in [7, 11) is 1.66. The van der Waals surface area contributed by atoms with Gasteiger partial charge in [-0.15, -0.1) is 17.1 Å². The Labute approximate surface area is 155 Å². The molecule has 0 bridgehead atoms. The lowest BCUT2D eigenvalue weighted by Gasteiger charge is -2.08. The zero-order valence-corrected chi connectivity index (χ0v) is 14.9. The van der Waals surface area contributed by atoms with Gasteiger partial charge in [-0.2, -0.15) is 5.26 Å². The molecule has 0 radical (unpaired) electrons. The first-order valence-corrected chi connectivity index (χ1v) is 8.93. The molecule has 26 heavy (non-hydrogen) atoms. The van der Waals surface area contributed by atoms with Crippen molar-refractivity contribution in [3.05, 3.63) is 76.5 Å². The van der Waals surface area contributed by atoms with Gasteiger partial charge >= 0.3 is 0 Å². The standard InChI is InChI=1S/C21H15N3OS/c1-25-17-8-6-14(7-9-17)12-23-21-18-10-19(15-4-2-3-5-15)26-20(18)16(11-22)13-24-21/h2-4,6-10,13H,12H2,1H3,(H,23,24). The van der Waals surface area contributed by atoms with E-state index in [1.54, 1.807) is 24.6 Å². The molecule has 4 rings (SSSR count). The molecule has 3 aromatic rings. The highest BCUT2D eigenvalue weighted by Gasteiger charge is 2.14. The number of nitrogens with one attached hydrogen (secondary N) is 1. The van der Waals surface area contributed by atoms with Gasteiger partial charge in [0.1, 0.15) is 17.6 Å². The molecule has 1 N–H and O–H groups in total. The van der Waals surface area contributed by atoms with Gasteiger partial charge in [-0.05, 0) is 35.9 Å². The number of hydrogen-bond donors (Lipinski definition) is 1. The van der Waals surface area contributed by atoms with Gasteiger partial charge in [-0.3, -0.25) is 0 Å². The average molecular weight is 357 g/mol. The number of fused-ring (bicyclic) bond motifs is 1. The van der Waals surface area contributed by atoms with E-state index in [1.807, 2.05) is 42.5 Å². The second-order valence-corrected chi connectivity index (χ2v) is 6.82. The van der Waals surface area contributed by atoms with E-state index in [2.05, 4.69) is 28.2 Å².